The highest BCUT2D eigenvalue weighted by Crippen LogP contribution is 2.19. The Bertz CT molecular complexity index is 532. The van der Waals surface area contributed by atoms with Crippen LogP contribution >= 0.6 is 0 Å². The summed E-state index contributed by atoms with van der Waals surface area (Å²) in [6, 6.07) is 11.1. The van der Waals surface area contributed by atoms with Crippen molar-refractivity contribution in [2.24, 2.45) is 0 Å². The highest BCUT2D eigenvalue weighted by molar-refractivity contribution is 5.80. The van der Waals surface area contributed by atoms with Crippen LogP contribution in [0, 0.1) is 0 Å². The molecule has 1 saturated carbocycles. The monoisotopic (exact) mass is 299 g/mol. The Morgan fingerprint density at radius 1 is 1.23 bits per heavy atom. The number of nitrogens with one attached hydrogen (secondary N) is 2. The molecular formula is C19H27N2O+. The summed E-state index contributed by atoms with van der Waals surface area (Å²) in [5.74, 6) is 0.235. The van der Waals surface area contributed by atoms with E-state index in [1.54, 1.807) is 0 Å². The zero-order valence-corrected chi connectivity index (χ0v) is 13.5. The van der Waals surface area contributed by atoms with Crippen LogP contribution in [0.3, 0.4) is 0 Å². The molecule has 2 N–H and O–H groups in total. The van der Waals surface area contributed by atoms with Crippen LogP contribution in [0.25, 0.3) is 5.57 Å². The molecule has 1 aliphatic carbocycles. The van der Waals surface area contributed by atoms with Gasteiger partial charge in [0, 0.05) is 12.5 Å². The molecule has 1 aliphatic heterocycles. The van der Waals surface area contributed by atoms with Gasteiger partial charge in [-0.3, -0.25) is 4.79 Å². The molecule has 0 radical (unpaired) electrons. The molecule has 0 aromatic heterocycles. The van der Waals surface area contributed by atoms with Crippen molar-refractivity contribution >= 4 is 11.5 Å². The standard InChI is InChI=1S/C19H26N2O/c1-15(19(22)20-18-9-5-6-10-18)21-13-11-17(12-14-21)16-7-3-2-4-8-16/h2-4,7-8,11,15,18H,5-6,9-10,12-14H2,1H3,(H,20,22)/p+1/t15-/m1/s1. The Hall–Kier alpha value is -1.61. The van der Waals surface area contributed by atoms with Crippen molar-refractivity contribution in [3.8, 4) is 0 Å². The van der Waals surface area contributed by atoms with Gasteiger partial charge in [-0.25, -0.2) is 0 Å². The van der Waals surface area contributed by atoms with Crippen LogP contribution in [0.2, 0.25) is 0 Å². The minimum absolute atomic E-state index is 0.0502. The van der Waals surface area contributed by atoms with Crippen molar-refractivity contribution in [1.82, 2.24) is 5.32 Å². The van der Waals surface area contributed by atoms with Crippen LogP contribution < -0.4 is 10.2 Å². The third-order valence-electron chi connectivity index (χ3n) is 5.18. The van der Waals surface area contributed by atoms with Gasteiger partial charge in [-0.2, -0.15) is 0 Å². The number of carbonyl (C=O) groups excluding carboxylic acids is 1. The summed E-state index contributed by atoms with van der Waals surface area (Å²) in [5.41, 5.74) is 2.75. The molecule has 1 unspecified atom stereocenters. The number of rotatable bonds is 4. The quantitative estimate of drug-likeness (QED) is 0.873. The van der Waals surface area contributed by atoms with Gasteiger partial charge in [0.05, 0.1) is 13.1 Å². The van der Waals surface area contributed by atoms with E-state index in [4.69, 9.17) is 0 Å². The lowest BCUT2D eigenvalue weighted by Crippen LogP contribution is -3.17. The van der Waals surface area contributed by atoms with Crippen molar-refractivity contribution in [3.05, 3.63) is 42.0 Å². The molecule has 2 aliphatic rings. The van der Waals surface area contributed by atoms with Crippen LogP contribution in [0.5, 0.6) is 0 Å². The molecule has 2 atom stereocenters. The minimum Gasteiger partial charge on any atom is -0.348 e. The molecule has 1 fully saturated rings. The molecule has 0 bridgehead atoms. The minimum atomic E-state index is 0.0502. The van der Waals surface area contributed by atoms with Crippen molar-refractivity contribution < 1.29 is 9.69 Å². The van der Waals surface area contributed by atoms with Gasteiger partial charge in [0.1, 0.15) is 0 Å². The number of carbonyl (C=O) groups is 1. The Morgan fingerprint density at radius 3 is 2.59 bits per heavy atom. The fraction of sp³-hybridized carbons (Fsp3) is 0.526. The second kappa shape index (κ2) is 7.10. The van der Waals surface area contributed by atoms with E-state index in [9.17, 15) is 4.79 Å². The molecule has 3 rings (SSSR count). The first kappa shape index (κ1) is 15.3. The fourth-order valence-corrected chi connectivity index (χ4v) is 3.64. The number of hydrogen-bond acceptors (Lipinski definition) is 1. The maximum atomic E-state index is 12.4. The second-order valence-corrected chi connectivity index (χ2v) is 6.67. The highest BCUT2D eigenvalue weighted by atomic mass is 16.2. The largest absolute Gasteiger partial charge is 0.348 e. The maximum absolute atomic E-state index is 12.4. The first-order valence-corrected chi connectivity index (χ1v) is 8.63. The zero-order valence-electron chi connectivity index (χ0n) is 13.5. The Kier molecular flexibility index (Phi) is 4.94. The second-order valence-electron chi connectivity index (χ2n) is 6.67. The summed E-state index contributed by atoms with van der Waals surface area (Å²) in [5, 5.41) is 3.24. The average Bonchev–Trinajstić information content (AvgIpc) is 3.08. The van der Waals surface area contributed by atoms with Gasteiger partial charge >= 0.3 is 0 Å². The molecule has 1 heterocycles. The molecule has 0 spiro atoms. The van der Waals surface area contributed by atoms with E-state index in [0.29, 0.717) is 6.04 Å². The Morgan fingerprint density at radius 2 is 1.95 bits per heavy atom. The number of benzene rings is 1. The fourth-order valence-electron chi connectivity index (χ4n) is 3.64. The molecular weight excluding hydrogens is 272 g/mol. The summed E-state index contributed by atoms with van der Waals surface area (Å²) < 4.78 is 0. The van der Waals surface area contributed by atoms with E-state index in [1.807, 2.05) is 0 Å². The zero-order chi connectivity index (χ0) is 15.4. The van der Waals surface area contributed by atoms with Crippen LogP contribution in [0.1, 0.15) is 44.6 Å². The Labute approximate surface area is 133 Å². The molecule has 22 heavy (non-hydrogen) atoms. The predicted octanol–water partition coefficient (Wildman–Crippen LogP) is 1.81. The molecule has 1 aromatic carbocycles. The van der Waals surface area contributed by atoms with E-state index < -0.39 is 0 Å². The van der Waals surface area contributed by atoms with E-state index in [-0.39, 0.29) is 11.9 Å². The molecule has 118 valence electrons. The van der Waals surface area contributed by atoms with Gasteiger partial charge < -0.3 is 10.2 Å². The van der Waals surface area contributed by atoms with Crippen molar-refractivity contribution in [2.75, 3.05) is 13.1 Å². The van der Waals surface area contributed by atoms with E-state index >= 15 is 0 Å². The lowest BCUT2D eigenvalue weighted by atomic mass is 9.99. The van der Waals surface area contributed by atoms with E-state index in [2.05, 4.69) is 48.6 Å². The van der Waals surface area contributed by atoms with Crippen LogP contribution in [-0.2, 0) is 4.79 Å². The van der Waals surface area contributed by atoms with Gasteiger partial charge in [-0.15, -0.1) is 0 Å². The summed E-state index contributed by atoms with van der Waals surface area (Å²) in [4.78, 5) is 13.8. The average molecular weight is 299 g/mol. The van der Waals surface area contributed by atoms with Crippen LogP contribution in [-0.4, -0.2) is 31.1 Å². The van der Waals surface area contributed by atoms with Gasteiger partial charge in [0.25, 0.3) is 5.91 Å². The van der Waals surface area contributed by atoms with Gasteiger partial charge in [0.2, 0.25) is 0 Å². The van der Waals surface area contributed by atoms with Crippen molar-refractivity contribution in [1.29, 1.82) is 0 Å². The van der Waals surface area contributed by atoms with E-state index in [1.165, 1.54) is 28.9 Å². The number of amides is 1. The summed E-state index contributed by atoms with van der Waals surface area (Å²) in [7, 11) is 0. The molecule has 3 nitrogen and oxygen atoms in total. The molecule has 1 aromatic rings. The van der Waals surface area contributed by atoms with Crippen LogP contribution in [0.15, 0.2) is 36.4 Å². The smallest absolute Gasteiger partial charge is 0.278 e. The lowest BCUT2D eigenvalue weighted by molar-refractivity contribution is -0.909. The van der Waals surface area contributed by atoms with Crippen molar-refractivity contribution in [2.45, 2.75) is 51.1 Å². The van der Waals surface area contributed by atoms with Gasteiger partial charge in [-0.05, 0) is 37.0 Å². The maximum Gasteiger partial charge on any atom is 0.278 e. The predicted molar refractivity (Wildman–Crippen MR) is 89.6 cm³/mol. The third kappa shape index (κ3) is 3.58. The Balaban J connectivity index is 1.55. The molecule has 0 saturated heterocycles. The number of quaternary nitrogens is 1. The normalized spacial score (nSPS) is 23.9. The topological polar surface area (TPSA) is 33.5 Å². The third-order valence-corrected chi connectivity index (χ3v) is 5.18. The molecule has 3 heteroatoms. The van der Waals surface area contributed by atoms with Crippen LogP contribution in [0.4, 0.5) is 0 Å². The lowest BCUT2D eigenvalue weighted by Gasteiger charge is -2.29. The molecule has 1 amide bonds. The first-order valence-electron chi connectivity index (χ1n) is 8.63. The van der Waals surface area contributed by atoms with Gasteiger partial charge in [0.15, 0.2) is 6.04 Å². The summed E-state index contributed by atoms with van der Waals surface area (Å²) >= 11 is 0. The van der Waals surface area contributed by atoms with Gasteiger partial charge in [-0.1, -0.05) is 43.2 Å². The summed E-state index contributed by atoms with van der Waals surface area (Å²) in [6.45, 7) is 4.06. The SMILES string of the molecule is C[C@H](C(=O)NC1CCCC1)[NH+]1CC=C(c2ccccc2)CC1. The van der Waals surface area contributed by atoms with Crippen molar-refractivity contribution in [3.63, 3.8) is 0 Å². The first-order chi connectivity index (χ1) is 10.7. The number of hydrogen-bond donors (Lipinski definition) is 2. The highest BCUT2D eigenvalue weighted by Gasteiger charge is 2.29. The van der Waals surface area contributed by atoms with E-state index in [0.717, 1.165) is 32.4 Å². The summed E-state index contributed by atoms with van der Waals surface area (Å²) in [6.07, 6.45) is 8.21.